The van der Waals surface area contributed by atoms with E-state index in [2.05, 4.69) is 25.7 Å². The SMILES string of the molecule is O=C(N/N=C\c1ccc(Sc2n[nH]c(-c3ccccc3)n2)c([N+](=O)[O-])c1)c1cc2c(ccc3ccccc32)o1. The number of hydrogen-bond acceptors (Lipinski definition) is 8. The van der Waals surface area contributed by atoms with Crippen molar-refractivity contribution in [3.05, 3.63) is 112 Å². The molecule has 4 aromatic carbocycles. The average Bonchev–Trinajstić information content (AvgIpc) is 3.62. The van der Waals surface area contributed by atoms with E-state index >= 15 is 0 Å². The van der Waals surface area contributed by atoms with Crippen LogP contribution in [0.5, 0.6) is 0 Å². The van der Waals surface area contributed by atoms with Crippen LogP contribution in [0.1, 0.15) is 16.1 Å². The first-order valence-electron chi connectivity index (χ1n) is 11.7. The number of benzene rings is 4. The lowest BCUT2D eigenvalue weighted by atomic mass is 10.1. The Kier molecular flexibility index (Phi) is 6.31. The van der Waals surface area contributed by atoms with Gasteiger partial charge in [0.2, 0.25) is 5.16 Å². The minimum absolute atomic E-state index is 0.109. The molecule has 0 atom stereocenters. The van der Waals surface area contributed by atoms with Gasteiger partial charge in [0.15, 0.2) is 11.6 Å². The fraction of sp³-hybridized carbons (Fsp3) is 0. The number of hydrogen-bond donors (Lipinski definition) is 2. The molecule has 0 spiro atoms. The van der Waals surface area contributed by atoms with Gasteiger partial charge in [-0.15, -0.1) is 5.10 Å². The third kappa shape index (κ3) is 4.98. The number of hydrazone groups is 1. The summed E-state index contributed by atoms with van der Waals surface area (Å²) in [6.07, 6.45) is 1.33. The van der Waals surface area contributed by atoms with Gasteiger partial charge in [0.1, 0.15) is 5.58 Å². The molecule has 2 N–H and O–H groups in total. The number of carbonyl (C=O) groups is 1. The fourth-order valence-corrected chi connectivity index (χ4v) is 4.88. The summed E-state index contributed by atoms with van der Waals surface area (Å²) < 4.78 is 5.70. The quantitative estimate of drug-likeness (QED) is 0.141. The van der Waals surface area contributed by atoms with Gasteiger partial charge >= 0.3 is 5.91 Å². The first-order valence-corrected chi connectivity index (χ1v) is 12.6. The standard InChI is InChI=1S/C28H18N6O4S/c35-27(24-15-21-20-9-5-4-6-18(20)11-12-23(21)38-24)32-29-16-17-10-13-25(22(14-17)34(36)37)39-28-30-26(31-33-28)19-7-2-1-3-8-19/h1-16H,(H,32,35)(H,30,31,33)/b29-16-. The normalized spacial score (nSPS) is 11.4. The number of nitrogens with zero attached hydrogens (tertiary/aromatic N) is 4. The molecule has 2 aromatic heterocycles. The molecule has 6 aromatic rings. The molecule has 0 bridgehead atoms. The first-order chi connectivity index (χ1) is 19.0. The van der Waals surface area contributed by atoms with Gasteiger partial charge in [0, 0.05) is 22.6 Å². The van der Waals surface area contributed by atoms with Crippen LogP contribution >= 0.6 is 11.8 Å². The van der Waals surface area contributed by atoms with E-state index in [1.807, 2.05) is 66.7 Å². The number of nitrogens with one attached hydrogen (secondary N) is 2. The van der Waals surface area contributed by atoms with Crippen LogP contribution in [-0.2, 0) is 0 Å². The average molecular weight is 535 g/mol. The summed E-state index contributed by atoms with van der Waals surface area (Å²) >= 11 is 1.07. The molecular formula is C28H18N6O4S. The molecular weight excluding hydrogens is 516 g/mol. The molecule has 0 saturated carbocycles. The van der Waals surface area contributed by atoms with Crippen LogP contribution in [0.15, 0.2) is 111 Å². The van der Waals surface area contributed by atoms with Gasteiger partial charge in [-0.3, -0.25) is 20.0 Å². The lowest BCUT2D eigenvalue weighted by Gasteiger charge is -2.01. The van der Waals surface area contributed by atoms with Crippen LogP contribution in [0.4, 0.5) is 5.69 Å². The second-order valence-corrected chi connectivity index (χ2v) is 9.44. The molecule has 0 aliphatic carbocycles. The molecule has 6 rings (SSSR count). The van der Waals surface area contributed by atoms with Crippen molar-refractivity contribution in [2.24, 2.45) is 5.10 Å². The third-order valence-corrected chi connectivity index (χ3v) is 6.85. The van der Waals surface area contributed by atoms with Crippen LogP contribution in [0.2, 0.25) is 0 Å². The number of aromatic nitrogens is 3. The highest BCUT2D eigenvalue weighted by molar-refractivity contribution is 7.99. The molecule has 0 fully saturated rings. The van der Waals surface area contributed by atoms with E-state index in [1.54, 1.807) is 18.2 Å². The van der Waals surface area contributed by atoms with Crippen molar-refractivity contribution in [2.45, 2.75) is 10.1 Å². The fourth-order valence-electron chi connectivity index (χ4n) is 4.08. The smallest absolute Gasteiger partial charge is 0.307 e. The van der Waals surface area contributed by atoms with Crippen LogP contribution < -0.4 is 5.43 Å². The Morgan fingerprint density at radius 3 is 2.67 bits per heavy atom. The topological polar surface area (TPSA) is 139 Å². The number of H-pyrrole nitrogens is 1. The largest absolute Gasteiger partial charge is 0.451 e. The number of amides is 1. The zero-order valence-electron chi connectivity index (χ0n) is 20.1. The molecule has 11 heteroatoms. The number of nitro groups is 1. The van der Waals surface area contributed by atoms with Gasteiger partial charge in [0.25, 0.3) is 5.69 Å². The van der Waals surface area contributed by atoms with Crippen molar-refractivity contribution in [3.8, 4) is 11.4 Å². The van der Waals surface area contributed by atoms with E-state index in [4.69, 9.17) is 4.42 Å². The number of nitro benzene ring substituents is 1. The van der Waals surface area contributed by atoms with E-state index in [9.17, 15) is 14.9 Å². The van der Waals surface area contributed by atoms with Crippen LogP contribution in [0.25, 0.3) is 33.1 Å². The van der Waals surface area contributed by atoms with Gasteiger partial charge in [-0.1, -0.05) is 66.7 Å². The number of furan rings is 1. The maximum atomic E-state index is 12.6. The Labute approximate surface area is 224 Å². The highest BCUT2D eigenvalue weighted by Gasteiger charge is 2.18. The summed E-state index contributed by atoms with van der Waals surface area (Å²) in [6, 6.07) is 27.3. The third-order valence-electron chi connectivity index (χ3n) is 5.92. The highest BCUT2D eigenvalue weighted by Crippen LogP contribution is 2.34. The molecule has 2 heterocycles. The van der Waals surface area contributed by atoms with Gasteiger partial charge < -0.3 is 4.42 Å². The van der Waals surface area contributed by atoms with E-state index in [1.165, 1.54) is 12.3 Å². The van der Waals surface area contributed by atoms with Crippen molar-refractivity contribution in [1.29, 1.82) is 0 Å². The zero-order chi connectivity index (χ0) is 26.8. The van der Waals surface area contributed by atoms with Crippen molar-refractivity contribution in [3.63, 3.8) is 0 Å². The number of carbonyl (C=O) groups excluding carboxylic acids is 1. The predicted molar refractivity (Wildman–Crippen MR) is 148 cm³/mol. The minimum atomic E-state index is -0.535. The summed E-state index contributed by atoms with van der Waals surface area (Å²) in [6.45, 7) is 0. The van der Waals surface area contributed by atoms with Crippen molar-refractivity contribution >= 4 is 51.3 Å². The van der Waals surface area contributed by atoms with Gasteiger partial charge in [-0.2, -0.15) is 5.10 Å². The Bertz CT molecular complexity index is 1880. The Hall–Kier alpha value is -5.29. The van der Waals surface area contributed by atoms with Crippen LogP contribution in [0, 0.1) is 10.1 Å². The molecule has 39 heavy (non-hydrogen) atoms. The Morgan fingerprint density at radius 2 is 1.82 bits per heavy atom. The zero-order valence-corrected chi connectivity index (χ0v) is 20.9. The van der Waals surface area contributed by atoms with Crippen LogP contribution in [0.3, 0.4) is 0 Å². The molecule has 10 nitrogen and oxygen atoms in total. The predicted octanol–water partition coefficient (Wildman–Crippen LogP) is 6.19. The first kappa shape index (κ1) is 24.1. The molecule has 190 valence electrons. The van der Waals surface area contributed by atoms with Crippen molar-refractivity contribution < 1.29 is 14.1 Å². The van der Waals surface area contributed by atoms with E-state index in [0.717, 1.165) is 33.5 Å². The van der Waals surface area contributed by atoms with Gasteiger partial charge in [-0.25, -0.2) is 10.4 Å². The van der Waals surface area contributed by atoms with Crippen molar-refractivity contribution in [1.82, 2.24) is 20.6 Å². The maximum absolute atomic E-state index is 12.6. The summed E-state index contributed by atoms with van der Waals surface area (Å²) in [4.78, 5) is 28.7. The summed E-state index contributed by atoms with van der Waals surface area (Å²) in [5.74, 6) is 0.141. The number of aromatic amines is 1. The molecule has 0 aliphatic rings. The molecule has 0 radical (unpaired) electrons. The highest BCUT2D eigenvalue weighted by atomic mass is 32.2. The summed E-state index contributed by atoms with van der Waals surface area (Å²) in [7, 11) is 0. The van der Waals surface area contributed by atoms with E-state index in [-0.39, 0.29) is 11.4 Å². The lowest BCUT2D eigenvalue weighted by molar-refractivity contribution is -0.387. The number of rotatable bonds is 7. The Balaban J connectivity index is 1.17. The van der Waals surface area contributed by atoms with Gasteiger partial charge in [0.05, 0.1) is 16.0 Å². The monoisotopic (exact) mass is 534 g/mol. The Morgan fingerprint density at radius 1 is 1.00 bits per heavy atom. The molecule has 0 saturated heterocycles. The lowest BCUT2D eigenvalue weighted by Crippen LogP contribution is -2.16. The summed E-state index contributed by atoms with van der Waals surface area (Å²) in [5.41, 5.74) is 4.16. The minimum Gasteiger partial charge on any atom is -0.451 e. The van der Waals surface area contributed by atoms with E-state index < -0.39 is 10.8 Å². The van der Waals surface area contributed by atoms with E-state index in [0.29, 0.717) is 27.0 Å². The molecule has 0 aliphatic heterocycles. The van der Waals surface area contributed by atoms with Gasteiger partial charge in [-0.05, 0) is 40.7 Å². The summed E-state index contributed by atoms with van der Waals surface area (Å²) in [5, 5.41) is 25.9. The molecule has 0 unspecified atom stereocenters. The molecule has 1 amide bonds. The van der Waals surface area contributed by atoms with Crippen LogP contribution in [-0.4, -0.2) is 32.2 Å². The maximum Gasteiger partial charge on any atom is 0.307 e. The second-order valence-electron chi connectivity index (χ2n) is 8.43. The second kappa shape index (κ2) is 10.2. The van der Waals surface area contributed by atoms with Crippen molar-refractivity contribution in [2.75, 3.05) is 0 Å². The number of fused-ring (bicyclic) bond motifs is 3.